The number of nitrogens with zero attached hydrogens (tertiary/aromatic N) is 2. The van der Waals surface area contributed by atoms with E-state index in [9.17, 15) is 13.2 Å². The van der Waals surface area contributed by atoms with Crippen LogP contribution in [0, 0.1) is 0 Å². The first-order valence-corrected chi connectivity index (χ1v) is 5.92. The molecule has 3 rings (SSSR count). The van der Waals surface area contributed by atoms with Gasteiger partial charge in [-0.1, -0.05) is 5.16 Å². The molecule has 2 heterocycles. The SMILES string of the molecule is Cl.FC(F)(F)Oc1ccc(-c2noc(C3CNC3)n2)cc1. The Kier molecular flexibility index (Phi) is 4.38. The third kappa shape index (κ3) is 3.64. The first kappa shape index (κ1) is 15.6. The molecule has 0 amide bonds. The molecule has 114 valence electrons. The Labute approximate surface area is 123 Å². The van der Waals surface area contributed by atoms with Crippen LogP contribution in [0.1, 0.15) is 11.8 Å². The van der Waals surface area contributed by atoms with Crippen molar-refractivity contribution in [1.82, 2.24) is 15.5 Å². The van der Waals surface area contributed by atoms with Gasteiger partial charge in [0.2, 0.25) is 11.7 Å². The van der Waals surface area contributed by atoms with Crippen molar-refractivity contribution >= 4 is 12.4 Å². The predicted octanol–water partition coefficient (Wildman–Crippen LogP) is 2.74. The van der Waals surface area contributed by atoms with E-state index in [0.29, 0.717) is 17.3 Å². The number of alkyl halides is 3. The van der Waals surface area contributed by atoms with E-state index in [-0.39, 0.29) is 24.1 Å². The molecule has 1 aliphatic rings. The van der Waals surface area contributed by atoms with Gasteiger partial charge in [0.05, 0.1) is 5.92 Å². The van der Waals surface area contributed by atoms with E-state index >= 15 is 0 Å². The molecular weight excluding hydrogens is 311 g/mol. The zero-order chi connectivity index (χ0) is 14.2. The molecule has 1 aromatic carbocycles. The molecule has 1 fully saturated rings. The Morgan fingerprint density at radius 2 is 1.86 bits per heavy atom. The van der Waals surface area contributed by atoms with Crippen LogP contribution < -0.4 is 10.1 Å². The smallest absolute Gasteiger partial charge is 0.406 e. The van der Waals surface area contributed by atoms with Gasteiger partial charge in [0.1, 0.15) is 5.75 Å². The van der Waals surface area contributed by atoms with Crippen molar-refractivity contribution in [3.8, 4) is 17.1 Å². The Bertz CT molecular complexity index is 597. The minimum Gasteiger partial charge on any atom is -0.406 e. The van der Waals surface area contributed by atoms with E-state index in [4.69, 9.17) is 4.52 Å². The summed E-state index contributed by atoms with van der Waals surface area (Å²) >= 11 is 0. The van der Waals surface area contributed by atoms with Gasteiger partial charge in [0.15, 0.2) is 0 Å². The topological polar surface area (TPSA) is 60.2 Å². The average Bonchev–Trinajstić information content (AvgIpc) is 2.75. The van der Waals surface area contributed by atoms with E-state index in [2.05, 4.69) is 20.2 Å². The van der Waals surface area contributed by atoms with Crippen molar-refractivity contribution < 1.29 is 22.4 Å². The number of hydrogen-bond acceptors (Lipinski definition) is 5. The van der Waals surface area contributed by atoms with E-state index in [1.54, 1.807) is 0 Å². The number of benzene rings is 1. The molecule has 9 heteroatoms. The predicted molar refractivity (Wildman–Crippen MR) is 69.3 cm³/mol. The standard InChI is InChI=1S/C12H10F3N3O2.ClH/c13-12(14,15)19-9-3-1-7(2-4-9)10-17-11(20-18-10)8-5-16-6-8;/h1-4,8,16H,5-6H2;1H. The fourth-order valence-corrected chi connectivity index (χ4v) is 1.79. The number of halogens is 4. The van der Waals surface area contributed by atoms with Gasteiger partial charge in [-0.3, -0.25) is 0 Å². The maximum Gasteiger partial charge on any atom is 0.573 e. The molecule has 0 spiro atoms. The molecule has 0 saturated carbocycles. The highest BCUT2D eigenvalue weighted by atomic mass is 35.5. The van der Waals surface area contributed by atoms with Crippen LogP contribution in [0.3, 0.4) is 0 Å². The summed E-state index contributed by atoms with van der Waals surface area (Å²) < 4.78 is 45.0. The van der Waals surface area contributed by atoms with Crippen molar-refractivity contribution in [2.24, 2.45) is 0 Å². The molecule has 1 aromatic heterocycles. The Morgan fingerprint density at radius 3 is 2.38 bits per heavy atom. The average molecular weight is 322 g/mol. The minimum atomic E-state index is -4.70. The van der Waals surface area contributed by atoms with Crippen molar-refractivity contribution in [3.05, 3.63) is 30.2 Å². The number of ether oxygens (including phenoxy) is 1. The summed E-state index contributed by atoms with van der Waals surface area (Å²) in [6.07, 6.45) is -4.70. The molecule has 0 bridgehead atoms. The van der Waals surface area contributed by atoms with E-state index < -0.39 is 6.36 Å². The van der Waals surface area contributed by atoms with Crippen LogP contribution in [0.5, 0.6) is 5.75 Å². The maximum absolute atomic E-state index is 12.0. The lowest BCUT2D eigenvalue weighted by Gasteiger charge is -2.22. The van der Waals surface area contributed by atoms with Crippen LogP contribution in [0.15, 0.2) is 28.8 Å². The van der Waals surface area contributed by atoms with Gasteiger partial charge in [-0.15, -0.1) is 25.6 Å². The summed E-state index contributed by atoms with van der Waals surface area (Å²) in [5.41, 5.74) is 0.571. The van der Waals surface area contributed by atoms with Crippen LogP contribution in [0.4, 0.5) is 13.2 Å². The second kappa shape index (κ2) is 5.90. The molecule has 1 saturated heterocycles. The summed E-state index contributed by atoms with van der Waals surface area (Å²) in [6.45, 7) is 1.58. The van der Waals surface area contributed by atoms with Crippen molar-refractivity contribution in [2.45, 2.75) is 12.3 Å². The minimum absolute atomic E-state index is 0. The van der Waals surface area contributed by atoms with E-state index in [1.165, 1.54) is 24.3 Å². The van der Waals surface area contributed by atoms with Crippen LogP contribution in [-0.2, 0) is 0 Å². The molecule has 21 heavy (non-hydrogen) atoms. The molecule has 1 aliphatic heterocycles. The highest BCUT2D eigenvalue weighted by molar-refractivity contribution is 5.85. The van der Waals surface area contributed by atoms with Crippen molar-refractivity contribution in [3.63, 3.8) is 0 Å². The quantitative estimate of drug-likeness (QED) is 0.942. The number of aromatic nitrogens is 2. The number of rotatable bonds is 3. The van der Waals surface area contributed by atoms with E-state index in [1.807, 2.05) is 0 Å². The van der Waals surface area contributed by atoms with Gasteiger partial charge in [-0.2, -0.15) is 4.98 Å². The first-order valence-electron chi connectivity index (χ1n) is 5.92. The van der Waals surface area contributed by atoms with Gasteiger partial charge >= 0.3 is 6.36 Å². The summed E-state index contributed by atoms with van der Waals surface area (Å²) in [5.74, 6) is 0.817. The molecular formula is C12H11ClF3N3O2. The van der Waals surface area contributed by atoms with Crippen LogP contribution >= 0.6 is 12.4 Å². The largest absolute Gasteiger partial charge is 0.573 e. The van der Waals surface area contributed by atoms with Gasteiger partial charge < -0.3 is 14.6 Å². The lowest BCUT2D eigenvalue weighted by atomic mass is 10.0. The zero-order valence-corrected chi connectivity index (χ0v) is 11.4. The molecule has 0 atom stereocenters. The number of hydrogen-bond donors (Lipinski definition) is 1. The molecule has 2 aromatic rings. The summed E-state index contributed by atoms with van der Waals surface area (Å²) in [4.78, 5) is 4.23. The van der Waals surface area contributed by atoms with Gasteiger partial charge in [0, 0.05) is 18.7 Å². The summed E-state index contributed by atoms with van der Waals surface area (Å²) in [6, 6.07) is 5.33. The van der Waals surface area contributed by atoms with Crippen LogP contribution in [0.2, 0.25) is 0 Å². The lowest BCUT2D eigenvalue weighted by Crippen LogP contribution is -2.40. The monoisotopic (exact) mass is 321 g/mol. The zero-order valence-electron chi connectivity index (χ0n) is 10.6. The second-order valence-corrected chi connectivity index (χ2v) is 4.38. The molecule has 5 nitrogen and oxygen atoms in total. The normalized spacial score (nSPS) is 15.2. The Morgan fingerprint density at radius 1 is 1.19 bits per heavy atom. The number of nitrogens with one attached hydrogen (secondary N) is 1. The highest BCUT2D eigenvalue weighted by Crippen LogP contribution is 2.26. The lowest BCUT2D eigenvalue weighted by molar-refractivity contribution is -0.274. The molecule has 0 aliphatic carbocycles. The van der Waals surface area contributed by atoms with E-state index in [0.717, 1.165) is 13.1 Å². The fourth-order valence-electron chi connectivity index (χ4n) is 1.79. The van der Waals surface area contributed by atoms with Crippen LogP contribution in [-0.4, -0.2) is 29.6 Å². The molecule has 1 N–H and O–H groups in total. The maximum atomic E-state index is 12.0. The second-order valence-electron chi connectivity index (χ2n) is 4.38. The fraction of sp³-hybridized carbons (Fsp3) is 0.333. The van der Waals surface area contributed by atoms with Gasteiger partial charge in [-0.25, -0.2) is 0 Å². The summed E-state index contributed by atoms with van der Waals surface area (Å²) in [7, 11) is 0. The molecule has 0 unspecified atom stereocenters. The summed E-state index contributed by atoms with van der Waals surface area (Å²) in [5, 5.41) is 6.90. The van der Waals surface area contributed by atoms with Crippen molar-refractivity contribution in [1.29, 1.82) is 0 Å². The van der Waals surface area contributed by atoms with Crippen LogP contribution in [0.25, 0.3) is 11.4 Å². The Balaban J connectivity index is 0.00000161. The Hall–Kier alpha value is -1.80. The first-order chi connectivity index (χ1) is 9.51. The molecule has 0 radical (unpaired) electrons. The third-order valence-electron chi connectivity index (χ3n) is 2.92. The van der Waals surface area contributed by atoms with Gasteiger partial charge in [-0.05, 0) is 24.3 Å². The third-order valence-corrected chi connectivity index (χ3v) is 2.92. The van der Waals surface area contributed by atoms with Gasteiger partial charge in [0.25, 0.3) is 0 Å². The van der Waals surface area contributed by atoms with Crippen molar-refractivity contribution in [2.75, 3.05) is 13.1 Å². The highest BCUT2D eigenvalue weighted by Gasteiger charge is 2.31.